The van der Waals surface area contributed by atoms with E-state index in [-0.39, 0.29) is 5.56 Å². The quantitative estimate of drug-likeness (QED) is 0.586. The van der Waals surface area contributed by atoms with Gasteiger partial charge in [-0.3, -0.25) is 0 Å². The molecule has 0 heterocycles. The Bertz CT molecular complexity index is 339. The molecular formula is C12H16F3N. The molecule has 0 spiro atoms. The van der Waals surface area contributed by atoms with Crippen molar-refractivity contribution < 1.29 is 13.2 Å². The van der Waals surface area contributed by atoms with Crippen LogP contribution in [0.4, 0.5) is 13.2 Å². The van der Waals surface area contributed by atoms with E-state index in [9.17, 15) is 13.2 Å². The van der Waals surface area contributed by atoms with Crippen LogP contribution < -0.4 is 5.32 Å². The molecule has 1 N–H and O–H groups in total. The maximum absolute atomic E-state index is 13.2. The Labute approximate surface area is 93.7 Å². The molecule has 1 rings (SSSR count). The molecule has 0 aliphatic heterocycles. The Kier molecular flexibility index (Phi) is 5.32. The van der Waals surface area contributed by atoms with E-state index in [1.807, 2.05) is 0 Å². The lowest BCUT2D eigenvalue weighted by molar-refractivity contribution is 0.439. The van der Waals surface area contributed by atoms with Gasteiger partial charge in [0.05, 0.1) is 0 Å². The number of aryl methyl sites for hydroxylation is 1. The van der Waals surface area contributed by atoms with Crippen LogP contribution in [-0.2, 0) is 6.42 Å². The zero-order valence-corrected chi connectivity index (χ0v) is 9.32. The monoisotopic (exact) mass is 231 g/mol. The molecule has 90 valence electrons. The number of hydrogen-bond acceptors (Lipinski definition) is 1. The first kappa shape index (κ1) is 13.0. The zero-order chi connectivity index (χ0) is 12.0. The molecule has 4 heteroatoms. The summed E-state index contributed by atoms with van der Waals surface area (Å²) in [4.78, 5) is 0. The van der Waals surface area contributed by atoms with Crippen LogP contribution in [0, 0.1) is 17.5 Å². The van der Waals surface area contributed by atoms with Gasteiger partial charge in [-0.2, -0.15) is 0 Å². The van der Waals surface area contributed by atoms with E-state index in [0.29, 0.717) is 12.8 Å². The first-order chi connectivity index (χ1) is 7.66. The molecule has 0 bridgehead atoms. The summed E-state index contributed by atoms with van der Waals surface area (Å²) >= 11 is 0. The van der Waals surface area contributed by atoms with E-state index in [4.69, 9.17) is 0 Å². The van der Waals surface area contributed by atoms with Crippen LogP contribution in [0.1, 0.15) is 25.3 Å². The highest BCUT2D eigenvalue weighted by Gasteiger charge is 2.12. The Morgan fingerprint density at radius 2 is 1.81 bits per heavy atom. The second-order valence-electron chi connectivity index (χ2n) is 3.69. The summed E-state index contributed by atoms with van der Waals surface area (Å²) in [5, 5.41) is 3.16. The minimum Gasteiger partial charge on any atom is -0.317 e. The predicted octanol–water partition coefficient (Wildman–Crippen LogP) is 3.04. The normalized spacial score (nSPS) is 10.8. The van der Waals surface area contributed by atoms with Gasteiger partial charge in [-0.25, -0.2) is 13.2 Å². The van der Waals surface area contributed by atoms with Gasteiger partial charge in [0.15, 0.2) is 17.5 Å². The molecule has 1 aromatic carbocycles. The van der Waals surface area contributed by atoms with E-state index in [2.05, 4.69) is 12.2 Å². The number of benzene rings is 1. The predicted molar refractivity (Wildman–Crippen MR) is 57.8 cm³/mol. The van der Waals surface area contributed by atoms with Crippen molar-refractivity contribution in [2.45, 2.75) is 26.2 Å². The number of hydrogen-bond donors (Lipinski definition) is 1. The topological polar surface area (TPSA) is 12.0 Å². The van der Waals surface area contributed by atoms with E-state index in [0.717, 1.165) is 25.6 Å². The van der Waals surface area contributed by atoms with Gasteiger partial charge in [0.1, 0.15) is 0 Å². The van der Waals surface area contributed by atoms with Crippen molar-refractivity contribution >= 4 is 0 Å². The average Bonchev–Trinajstić information content (AvgIpc) is 2.28. The first-order valence-electron chi connectivity index (χ1n) is 5.50. The highest BCUT2D eigenvalue weighted by atomic mass is 19.2. The summed E-state index contributed by atoms with van der Waals surface area (Å²) < 4.78 is 38.7. The molecule has 0 radical (unpaired) electrons. The molecular weight excluding hydrogens is 215 g/mol. The van der Waals surface area contributed by atoms with Crippen LogP contribution in [0.5, 0.6) is 0 Å². The van der Waals surface area contributed by atoms with E-state index in [1.165, 1.54) is 6.07 Å². The molecule has 1 nitrogen and oxygen atoms in total. The third-order valence-electron chi connectivity index (χ3n) is 2.34. The van der Waals surface area contributed by atoms with E-state index < -0.39 is 17.5 Å². The fourth-order valence-electron chi connectivity index (χ4n) is 1.46. The molecule has 1 aromatic rings. The first-order valence-corrected chi connectivity index (χ1v) is 5.50. The summed E-state index contributed by atoms with van der Waals surface area (Å²) in [6.07, 6.45) is 2.17. The lowest BCUT2D eigenvalue weighted by atomic mass is 10.1. The second-order valence-corrected chi connectivity index (χ2v) is 3.69. The SMILES string of the molecule is CCCNCCCc1ccc(F)c(F)c1F. The van der Waals surface area contributed by atoms with E-state index >= 15 is 0 Å². The van der Waals surface area contributed by atoms with Crippen LogP contribution in [0.3, 0.4) is 0 Å². The van der Waals surface area contributed by atoms with Crippen LogP contribution in [0.15, 0.2) is 12.1 Å². The van der Waals surface area contributed by atoms with Crippen LogP contribution >= 0.6 is 0 Å². The van der Waals surface area contributed by atoms with Crippen LogP contribution in [-0.4, -0.2) is 13.1 Å². The smallest absolute Gasteiger partial charge is 0.194 e. The number of nitrogens with one attached hydrogen (secondary N) is 1. The average molecular weight is 231 g/mol. The molecule has 0 unspecified atom stereocenters. The van der Waals surface area contributed by atoms with Crippen molar-refractivity contribution in [3.05, 3.63) is 35.1 Å². The Morgan fingerprint density at radius 3 is 2.50 bits per heavy atom. The minimum atomic E-state index is -1.38. The standard InChI is InChI=1S/C12H16F3N/c1-2-7-16-8-3-4-9-5-6-10(13)12(15)11(9)14/h5-6,16H,2-4,7-8H2,1H3. The maximum atomic E-state index is 13.2. The van der Waals surface area contributed by atoms with Crippen molar-refractivity contribution in [2.75, 3.05) is 13.1 Å². The molecule has 0 saturated carbocycles. The molecule has 0 aromatic heterocycles. The Balaban J connectivity index is 2.45. The fraction of sp³-hybridized carbons (Fsp3) is 0.500. The van der Waals surface area contributed by atoms with Gasteiger partial charge in [0.2, 0.25) is 0 Å². The molecule has 0 aliphatic rings. The van der Waals surface area contributed by atoms with Crippen molar-refractivity contribution in [3.8, 4) is 0 Å². The summed E-state index contributed by atoms with van der Waals surface area (Å²) in [7, 11) is 0. The molecule has 0 atom stereocenters. The van der Waals surface area contributed by atoms with E-state index in [1.54, 1.807) is 0 Å². The minimum absolute atomic E-state index is 0.234. The lowest BCUT2D eigenvalue weighted by Crippen LogP contribution is -2.16. The lowest BCUT2D eigenvalue weighted by Gasteiger charge is -2.05. The van der Waals surface area contributed by atoms with Crippen molar-refractivity contribution in [1.82, 2.24) is 5.32 Å². The van der Waals surface area contributed by atoms with Crippen molar-refractivity contribution in [1.29, 1.82) is 0 Å². The van der Waals surface area contributed by atoms with Crippen LogP contribution in [0.25, 0.3) is 0 Å². The van der Waals surface area contributed by atoms with Crippen molar-refractivity contribution in [2.24, 2.45) is 0 Å². The summed E-state index contributed by atoms with van der Waals surface area (Å²) in [6.45, 7) is 3.73. The fourth-order valence-corrected chi connectivity index (χ4v) is 1.46. The Hall–Kier alpha value is -1.03. The molecule has 0 amide bonds. The zero-order valence-electron chi connectivity index (χ0n) is 9.32. The van der Waals surface area contributed by atoms with Crippen LogP contribution in [0.2, 0.25) is 0 Å². The highest BCUT2D eigenvalue weighted by Crippen LogP contribution is 2.16. The maximum Gasteiger partial charge on any atom is 0.194 e. The molecule has 0 fully saturated rings. The molecule has 16 heavy (non-hydrogen) atoms. The van der Waals surface area contributed by atoms with Gasteiger partial charge < -0.3 is 5.32 Å². The van der Waals surface area contributed by atoms with Gasteiger partial charge in [-0.05, 0) is 44.0 Å². The van der Waals surface area contributed by atoms with Gasteiger partial charge in [0.25, 0.3) is 0 Å². The second kappa shape index (κ2) is 6.53. The largest absolute Gasteiger partial charge is 0.317 e. The third kappa shape index (κ3) is 3.52. The highest BCUT2D eigenvalue weighted by molar-refractivity contribution is 5.20. The van der Waals surface area contributed by atoms with Gasteiger partial charge in [-0.15, -0.1) is 0 Å². The van der Waals surface area contributed by atoms with Gasteiger partial charge in [-0.1, -0.05) is 13.0 Å². The number of halogens is 3. The summed E-state index contributed by atoms with van der Waals surface area (Å²) in [6, 6.07) is 2.26. The molecule has 0 aliphatic carbocycles. The summed E-state index contributed by atoms with van der Waals surface area (Å²) in [5.41, 5.74) is 0.234. The van der Waals surface area contributed by atoms with Crippen molar-refractivity contribution in [3.63, 3.8) is 0 Å². The van der Waals surface area contributed by atoms with Gasteiger partial charge >= 0.3 is 0 Å². The summed E-state index contributed by atoms with van der Waals surface area (Å²) in [5.74, 6) is -3.57. The third-order valence-corrected chi connectivity index (χ3v) is 2.34. The number of rotatable bonds is 6. The molecule has 0 saturated heterocycles. The van der Waals surface area contributed by atoms with Gasteiger partial charge in [0, 0.05) is 0 Å². The Morgan fingerprint density at radius 1 is 1.06 bits per heavy atom.